The molecule has 1 aromatic carbocycles. The number of carbonyl (C=O) groups excluding carboxylic acids is 2. The second-order valence-corrected chi connectivity index (χ2v) is 6.07. The second-order valence-electron chi connectivity index (χ2n) is 5.09. The summed E-state index contributed by atoms with van der Waals surface area (Å²) in [5.74, 6) is 1.22. The third kappa shape index (κ3) is 4.98. The van der Waals surface area contributed by atoms with Gasteiger partial charge < -0.3 is 11.1 Å². The molecule has 1 amide bonds. The van der Waals surface area contributed by atoms with Crippen LogP contribution in [0.5, 0.6) is 0 Å². The van der Waals surface area contributed by atoms with Crippen molar-refractivity contribution in [3.05, 3.63) is 35.9 Å². The van der Waals surface area contributed by atoms with Crippen molar-refractivity contribution in [3.63, 3.8) is 0 Å². The molecular weight excluding hydrogens is 272 g/mol. The number of benzene rings is 1. The third-order valence-corrected chi connectivity index (χ3v) is 4.26. The van der Waals surface area contributed by atoms with Crippen LogP contribution in [0.3, 0.4) is 0 Å². The van der Waals surface area contributed by atoms with Crippen LogP contribution in [0.4, 0.5) is 0 Å². The van der Waals surface area contributed by atoms with Gasteiger partial charge in [0.15, 0.2) is 5.78 Å². The average molecular weight is 292 g/mol. The lowest BCUT2D eigenvalue weighted by Gasteiger charge is -2.11. The molecule has 4 nitrogen and oxygen atoms in total. The highest BCUT2D eigenvalue weighted by molar-refractivity contribution is 8.00. The van der Waals surface area contributed by atoms with Gasteiger partial charge in [-0.15, -0.1) is 11.8 Å². The Bertz CT molecular complexity index is 460. The molecule has 0 saturated heterocycles. The standard InChI is InChI=1S/C15H20N2O2S/c16-13(11-6-7-11)8-17-15(19)10-20-9-14(18)12-4-2-1-3-5-12/h1-5,11,13H,6-10,16H2,(H,17,19). The van der Waals surface area contributed by atoms with E-state index in [1.54, 1.807) is 12.1 Å². The molecule has 1 aliphatic rings. The Morgan fingerprint density at radius 2 is 1.95 bits per heavy atom. The molecule has 0 aromatic heterocycles. The average Bonchev–Trinajstić information content (AvgIpc) is 3.30. The van der Waals surface area contributed by atoms with Crippen LogP contribution in [-0.4, -0.2) is 35.8 Å². The van der Waals surface area contributed by atoms with Crippen molar-refractivity contribution in [3.8, 4) is 0 Å². The molecule has 2 rings (SSSR count). The van der Waals surface area contributed by atoms with E-state index in [0.29, 0.717) is 29.5 Å². The number of hydrogen-bond donors (Lipinski definition) is 2. The highest BCUT2D eigenvalue weighted by Crippen LogP contribution is 2.31. The summed E-state index contributed by atoms with van der Waals surface area (Å²) in [5.41, 5.74) is 6.60. The van der Waals surface area contributed by atoms with Crippen molar-refractivity contribution < 1.29 is 9.59 Å². The maximum atomic E-state index is 11.8. The van der Waals surface area contributed by atoms with Crippen molar-refractivity contribution >= 4 is 23.5 Å². The van der Waals surface area contributed by atoms with Gasteiger partial charge in [-0.2, -0.15) is 0 Å². The van der Waals surface area contributed by atoms with Gasteiger partial charge in [0, 0.05) is 18.2 Å². The van der Waals surface area contributed by atoms with Crippen LogP contribution in [-0.2, 0) is 4.79 Å². The normalized spacial score (nSPS) is 15.7. The van der Waals surface area contributed by atoms with Crippen LogP contribution in [0.1, 0.15) is 23.2 Å². The summed E-state index contributed by atoms with van der Waals surface area (Å²) in [4.78, 5) is 23.4. The zero-order chi connectivity index (χ0) is 14.4. The van der Waals surface area contributed by atoms with E-state index in [-0.39, 0.29) is 17.7 Å². The van der Waals surface area contributed by atoms with Gasteiger partial charge in [0.2, 0.25) is 5.91 Å². The lowest BCUT2D eigenvalue weighted by Crippen LogP contribution is -2.39. The van der Waals surface area contributed by atoms with Gasteiger partial charge in [0.1, 0.15) is 0 Å². The Kier molecular flexibility index (Phi) is 5.61. The smallest absolute Gasteiger partial charge is 0.230 e. The highest BCUT2D eigenvalue weighted by Gasteiger charge is 2.28. The quantitative estimate of drug-likeness (QED) is 0.712. The van der Waals surface area contributed by atoms with Crippen molar-refractivity contribution in [1.29, 1.82) is 0 Å². The van der Waals surface area contributed by atoms with Crippen LogP contribution >= 0.6 is 11.8 Å². The first-order chi connectivity index (χ1) is 9.66. The Balaban J connectivity index is 1.60. The minimum absolute atomic E-state index is 0.0491. The van der Waals surface area contributed by atoms with Crippen LogP contribution in [0.2, 0.25) is 0 Å². The topological polar surface area (TPSA) is 72.2 Å². The summed E-state index contributed by atoms with van der Waals surface area (Å²) in [7, 11) is 0. The molecule has 0 heterocycles. The maximum Gasteiger partial charge on any atom is 0.230 e. The van der Waals surface area contributed by atoms with Crippen LogP contribution in [0, 0.1) is 5.92 Å². The molecule has 1 fully saturated rings. The fourth-order valence-corrected chi connectivity index (χ4v) is 2.66. The minimum atomic E-state index is -0.0491. The SMILES string of the molecule is NC(CNC(=O)CSCC(=O)c1ccccc1)C1CC1. The number of hydrogen-bond acceptors (Lipinski definition) is 4. The van der Waals surface area contributed by atoms with Gasteiger partial charge in [0.05, 0.1) is 11.5 Å². The van der Waals surface area contributed by atoms with Crippen LogP contribution < -0.4 is 11.1 Å². The summed E-state index contributed by atoms with van der Waals surface area (Å²) in [6.07, 6.45) is 2.36. The first-order valence-corrected chi connectivity index (χ1v) is 8.00. The summed E-state index contributed by atoms with van der Waals surface area (Å²) in [6.45, 7) is 0.538. The molecule has 1 aliphatic carbocycles. The number of thioether (sulfide) groups is 1. The Morgan fingerprint density at radius 1 is 1.25 bits per heavy atom. The lowest BCUT2D eigenvalue weighted by atomic mass is 10.2. The highest BCUT2D eigenvalue weighted by atomic mass is 32.2. The van der Waals surface area contributed by atoms with E-state index < -0.39 is 0 Å². The van der Waals surface area contributed by atoms with E-state index in [4.69, 9.17) is 5.73 Å². The van der Waals surface area contributed by atoms with E-state index >= 15 is 0 Å². The van der Waals surface area contributed by atoms with Crippen molar-refractivity contribution in [2.75, 3.05) is 18.1 Å². The molecule has 0 spiro atoms. The van der Waals surface area contributed by atoms with Gasteiger partial charge in [-0.1, -0.05) is 30.3 Å². The number of Topliss-reactive ketones (excluding diaryl/α,β-unsaturated/α-hetero) is 1. The molecule has 1 atom stereocenters. The zero-order valence-corrected chi connectivity index (χ0v) is 12.2. The maximum absolute atomic E-state index is 11.8. The molecule has 1 unspecified atom stereocenters. The molecule has 3 N–H and O–H groups in total. The Hall–Kier alpha value is -1.33. The van der Waals surface area contributed by atoms with Gasteiger partial charge in [-0.25, -0.2) is 0 Å². The van der Waals surface area contributed by atoms with Gasteiger partial charge in [0.25, 0.3) is 0 Å². The molecule has 1 aromatic rings. The van der Waals surface area contributed by atoms with Gasteiger partial charge in [-0.05, 0) is 18.8 Å². The molecule has 20 heavy (non-hydrogen) atoms. The Morgan fingerprint density at radius 3 is 2.60 bits per heavy atom. The number of nitrogens with one attached hydrogen (secondary N) is 1. The fraction of sp³-hybridized carbons (Fsp3) is 0.467. The molecule has 108 valence electrons. The number of nitrogens with two attached hydrogens (primary N) is 1. The minimum Gasteiger partial charge on any atom is -0.354 e. The van der Waals surface area contributed by atoms with Crippen molar-refractivity contribution in [2.24, 2.45) is 11.7 Å². The monoisotopic (exact) mass is 292 g/mol. The van der Waals surface area contributed by atoms with E-state index in [2.05, 4.69) is 5.32 Å². The molecule has 0 radical (unpaired) electrons. The van der Waals surface area contributed by atoms with Gasteiger partial charge in [-0.3, -0.25) is 9.59 Å². The Labute approximate surface area is 123 Å². The third-order valence-electron chi connectivity index (χ3n) is 3.32. The largest absolute Gasteiger partial charge is 0.354 e. The van der Waals surface area contributed by atoms with E-state index in [9.17, 15) is 9.59 Å². The summed E-state index contributed by atoms with van der Waals surface area (Å²) < 4.78 is 0. The second kappa shape index (κ2) is 7.45. The molecule has 5 heteroatoms. The fourth-order valence-electron chi connectivity index (χ4n) is 1.92. The van der Waals surface area contributed by atoms with Crippen LogP contribution in [0.15, 0.2) is 30.3 Å². The first-order valence-electron chi connectivity index (χ1n) is 6.85. The van der Waals surface area contributed by atoms with E-state index in [1.165, 1.54) is 24.6 Å². The summed E-state index contributed by atoms with van der Waals surface area (Å²) >= 11 is 1.34. The number of ketones is 1. The van der Waals surface area contributed by atoms with E-state index in [1.807, 2.05) is 18.2 Å². The predicted octanol–water partition coefficient (Wildman–Crippen LogP) is 1.46. The summed E-state index contributed by atoms with van der Waals surface area (Å²) in [6, 6.07) is 9.21. The predicted molar refractivity (Wildman–Crippen MR) is 81.8 cm³/mol. The number of amides is 1. The first kappa shape index (κ1) is 15.1. The number of rotatable bonds is 8. The molecule has 0 aliphatic heterocycles. The molecule has 0 bridgehead atoms. The van der Waals surface area contributed by atoms with Crippen molar-refractivity contribution in [1.82, 2.24) is 5.32 Å². The number of carbonyl (C=O) groups is 2. The summed E-state index contributed by atoms with van der Waals surface area (Å²) in [5, 5.41) is 2.82. The van der Waals surface area contributed by atoms with Crippen molar-refractivity contribution in [2.45, 2.75) is 18.9 Å². The van der Waals surface area contributed by atoms with Crippen LogP contribution in [0.25, 0.3) is 0 Å². The lowest BCUT2D eigenvalue weighted by molar-refractivity contribution is -0.118. The zero-order valence-electron chi connectivity index (χ0n) is 11.4. The van der Waals surface area contributed by atoms with Gasteiger partial charge >= 0.3 is 0 Å². The molecule has 1 saturated carbocycles. The van der Waals surface area contributed by atoms with E-state index in [0.717, 1.165) is 0 Å². The molecular formula is C15H20N2O2S.